The summed E-state index contributed by atoms with van der Waals surface area (Å²) >= 11 is 0. The van der Waals surface area contributed by atoms with E-state index in [1.54, 1.807) is 0 Å². The lowest BCUT2D eigenvalue weighted by atomic mass is 9.87. The van der Waals surface area contributed by atoms with Crippen LogP contribution in [0.5, 0.6) is 0 Å². The number of carboxylic acids is 8. The van der Waals surface area contributed by atoms with E-state index in [9.17, 15) is 136 Å². The fourth-order valence-electron chi connectivity index (χ4n) is 14.9. The van der Waals surface area contributed by atoms with E-state index < -0.39 is 182 Å². The van der Waals surface area contributed by atoms with Crippen molar-refractivity contribution in [2.75, 3.05) is 132 Å². The van der Waals surface area contributed by atoms with Gasteiger partial charge >= 0.3 is 47.8 Å². The van der Waals surface area contributed by atoms with Crippen molar-refractivity contribution < 1.29 is 187 Å². The molecule has 844 valence electrons. The molecule has 47 heteroatoms. The van der Waals surface area contributed by atoms with E-state index in [-0.39, 0.29) is 252 Å². The molecule has 0 unspecified atom stereocenters. The number of hydrogen-bond donors (Lipinski definition) is 17. The Morgan fingerprint density at radius 2 is 0.503 bits per heavy atom. The molecule has 147 heavy (non-hydrogen) atoms. The molecule has 0 radical (unpaired) electrons. The summed E-state index contributed by atoms with van der Waals surface area (Å²) in [6.07, 6.45) is 17.7. The van der Waals surface area contributed by atoms with E-state index in [0.717, 1.165) is 103 Å². The first-order valence-corrected chi connectivity index (χ1v) is 51.8. The van der Waals surface area contributed by atoms with Gasteiger partial charge in [-0.15, -0.1) is 0 Å². The molecule has 8 atom stereocenters. The van der Waals surface area contributed by atoms with Crippen LogP contribution in [0.3, 0.4) is 0 Å². The topological polar surface area (TPSA) is 719 Å². The number of aliphatic carboxylic acids is 8. The number of ether oxygens (including phenoxy) is 8. The third-order valence-electron chi connectivity index (χ3n) is 23.5. The lowest BCUT2D eigenvalue weighted by Gasteiger charge is -2.18. The first-order chi connectivity index (χ1) is 70.3. The van der Waals surface area contributed by atoms with Gasteiger partial charge in [-0.3, -0.25) is 81.5 Å². The van der Waals surface area contributed by atoms with Crippen molar-refractivity contribution >= 4 is 130 Å². The first kappa shape index (κ1) is 136. The van der Waals surface area contributed by atoms with E-state index in [4.69, 9.17) is 48.1 Å². The maximum Gasteiger partial charge on any atom is 0.326 e. The van der Waals surface area contributed by atoms with Gasteiger partial charge in [0.1, 0.15) is 79.8 Å². The van der Waals surface area contributed by atoms with Gasteiger partial charge in [0.15, 0.2) is 5.78 Å². The van der Waals surface area contributed by atoms with Crippen molar-refractivity contribution in [2.24, 2.45) is 17.8 Å². The fourth-order valence-corrected chi connectivity index (χ4v) is 14.9. The Bertz CT molecular complexity index is 3910. The number of hydrogen-bond acceptors (Lipinski definition) is 30. The summed E-state index contributed by atoms with van der Waals surface area (Å²) in [7, 11) is 0. The number of carboxylic acid groups (broad SMARTS) is 8. The number of unbranched alkanes of at least 4 members (excludes halogenated alkanes) is 20. The summed E-state index contributed by atoms with van der Waals surface area (Å²) in [4.78, 5) is 268. The quantitative estimate of drug-likeness (QED) is 0.0284. The average molecular weight is 2110 g/mol. The second-order valence-electron chi connectivity index (χ2n) is 36.4. The highest BCUT2D eigenvalue weighted by molar-refractivity contribution is 5.91. The molecule has 0 aliphatic carbocycles. The smallest absolute Gasteiger partial charge is 0.326 e. The molecule has 0 heterocycles. The lowest BCUT2D eigenvalue weighted by Crippen LogP contribution is -2.45. The minimum Gasteiger partial charge on any atom is -0.481 e. The maximum absolute atomic E-state index is 13.1. The van der Waals surface area contributed by atoms with Gasteiger partial charge in [0.25, 0.3) is 0 Å². The van der Waals surface area contributed by atoms with Crippen molar-refractivity contribution in [3.8, 4) is 0 Å². The van der Waals surface area contributed by atoms with Crippen LogP contribution in [0.2, 0.25) is 0 Å². The van der Waals surface area contributed by atoms with Gasteiger partial charge in [-0.2, -0.15) is 0 Å². The molecular formula is C100H171N9O38. The van der Waals surface area contributed by atoms with Crippen LogP contribution < -0.4 is 47.9 Å². The summed E-state index contributed by atoms with van der Waals surface area (Å²) in [5, 5.41) is 97.8. The zero-order valence-corrected chi connectivity index (χ0v) is 86.0. The molecular weight excluding hydrogens is 1940 g/mol. The van der Waals surface area contributed by atoms with Gasteiger partial charge in [-0.1, -0.05) is 122 Å². The second kappa shape index (κ2) is 90.1. The third-order valence-corrected chi connectivity index (χ3v) is 23.5. The number of ketones is 5. The highest BCUT2D eigenvalue weighted by Crippen LogP contribution is 2.22. The van der Waals surface area contributed by atoms with E-state index in [2.05, 4.69) is 47.9 Å². The minimum atomic E-state index is -1.59. The molecule has 17 N–H and O–H groups in total. The number of nitrogens with one attached hydrogen (secondary N) is 9. The molecule has 0 saturated heterocycles. The summed E-state index contributed by atoms with van der Waals surface area (Å²) in [6, 6.07) is -7.46. The Balaban J connectivity index is -0.000107. The molecule has 0 aliphatic rings. The van der Waals surface area contributed by atoms with Crippen molar-refractivity contribution in [3.05, 3.63) is 0 Å². The predicted molar refractivity (Wildman–Crippen MR) is 532 cm³/mol. The van der Waals surface area contributed by atoms with Gasteiger partial charge in [-0.25, -0.2) is 24.0 Å². The number of amides is 9. The number of Topliss-reactive ketones (excluding diaryl/α,β-unsaturated/α-hetero) is 5. The van der Waals surface area contributed by atoms with Crippen molar-refractivity contribution in [1.29, 1.82) is 0 Å². The van der Waals surface area contributed by atoms with Gasteiger partial charge < -0.3 is 127 Å². The Labute approximate surface area is 863 Å². The van der Waals surface area contributed by atoms with Crippen LogP contribution in [0, 0.1) is 17.8 Å². The van der Waals surface area contributed by atoms with Crippen LogP contribution in [-0.2, 0) is 143 Å². The largest absolute Gasteiger partial charge is 0.481 e. The number of rotatable bonds is 105. The molecule has 0 aromatic rings. The normalized spacial score (nSPS) is 12.8. The van der Waals surface area contributed by atoms with Gasteiger partial charge in [-0.05, 0) is 110 Å². The number of carbonyl (C=O) groups excluding carboxylic acids is 14. The fraction of sp³-hybridized carbons (Fsp3) is 0.780. The first-order valence-electron chi connectivity index (χ1n) is 51.8. The van der Waals surface area contributed by atoms with Crippen molar-refractivity contribution in [3.63, 3.8) is 0 Å². The van der Waals surface area contributed by atoms with Crippen LogP contribution >= 0.6 is 0 Å². The Morgan fingerprint density at radius 1 is 0.218 bits per heavy atom. The molecule has 0 aromatic carbocycles. The van der Waals surface area contributed by atoms with Crippen LogP contribution in [0.25, 0.3) is 0 Å². The molecule has 9 amide bonds. The standard InChI is InChI=1S/C100H167N9O38.2H2/c1-71(29-23-25-49-101-90(121)69-147-64-60-143-56-52-104-92(123)70-146-63-57-140-53-27-31-75(111)38-40-78(96(130)131)107-87(118)48-44-82(100(138)139)109-89(120)47-43-81(99(136)137)106-86(117)34-20-16-12-8-4-6-10-14-18-22-36-94(126)127)83(114)66-73(72(2)110)30-24-26-50-102-91(122)68-145-62-58-141-54-28-32-77(113)67-144-61-59-142-55-51-103-84(115)45-37-74(95(128)129)65-76(112)39-41-79(97(132)133)108-88(119)46-42-80(98(134)135)105-85(116)33-19-15-11-7-3-5-9-13-17-21-35-93(124)125;;/h71,73-74,78-82H,3-70H2,1-2H3,(H,101,121)(H,102,122)(H,103,115)(H,104,123)(H,105,116)(H,106,117)(H,107,118)(H,108,119)(H,109,120)(H,124,125)(H,126,127)(H,128,129)(H,130,131)(H,132,133)(H,134,135)(H,136,137)(H,138,139);2*1H/t71-,73+,74+,78-,79-,80-,81-,82-;;/m0../s1. The lowest BCUT2D eigenvalue weighted by molar-refractivity contribution is -0.145. The van der Waals surface area contributed by atoms with Crippen LogP contribution in [-0.4, -0.2) is 333 Å². The van der Waals surface area contributed by atoms with Gasteiger partial charge in [0.05, 0.1) is 72.0 Å². The molecule has 47 nitrogen and oxygen atoms in total. The SMILES string of the molecule is CC(=O)[C@H](CCCCNC(=O)COCCOCCCC(=O)COCCOCCNC(=O)CC[C@H](CC(=O)CC[C@H](NC(=O)CC[C@H](NC(=O)CCCCCCCCCCCCC(=O)O)C(=O)O)C(=O)O)C(=O)O)CC(=O)[C@@H](C)CCCCNC(=O)COCCOCCNC(=O)COCCOCCCC(=O)CC[C@H](NC(=O)CC[C@H](NC(=O)CC[C@H](NC(=O)CCCCCCCCCCCCC(=O)O)C(=O)O)C(=O)O)C(=O)O.[HH].[HH]. The predicted octanol–water partition coefficient (Wildman–Crippen LogP) is 6.64. The maximum atomic E-state index is 13.1. The van der Waals surface area contributed by atoms with E-state index in [0.29, 0.717) is 83.7 Å². The van der Waals surface area contributed by atoms with E-state index in [1.165, 1.54) is 6.92 Å². The molecule has 0 saturated carbocycles. The summed E-state index contributed by atoms with van der Waals surface area (Å²) in [5.41, 5.74) is 0. The van der Waals surface area contributed by atoms with Gasteiger partial charge in [0, 0.05) is 144 Å². The monoisotopic (exact) mass is 2110 g/mol. The molecule has 0 spiro atoms. The molecule has 0 aliphatic heterocycles. The van der Waals surface area contributed by atoms with Crippen LogP contribution in [0.15, 0.2) is 0 Å². The van der Waals surface area contributed by atoms with Crippen molar-refractivity contribution in [1.82, 2.24) is 47.9 Å². The summed E-state index contributed by atoms with van der Waals surface area (Å²) in [5.74, 6) is -18.5. The average Bonchev–Trinajstić information content (AvgIpc) is 0.899. The molecule has 0 rings (SSSR count). The molecule has 0 fully saturated rings. The zero-order valence-electron chi connectivity index (χ0n) is 86.0. The van der Waals surface area contributed by atoms with Gasteiger partial charge in [0.2, 0.25) is 53.2 Å². The van der Waals surface area contributed by atoms with Crippen LogP contribution in [0.1, 0.15) is 325 Å². The molecule has 0 aromatic heterocycles. The summed E-state index contributed by atoms with van der Waals surface area (Å²) in [6.45, 7) is 4.96. The zero-order chi connectivity index (χ0) is 109. The van der Waals surface area contributed by atoms with Crippen molar-refractivity contribution in [2.45, 2.75) is 352 Å². The highest BCUT2D eigenvalue weighted by Gasteiger charge is 2.31. The van der Waals surface area contributed by atoms with E-state index in [1.807, 2.05) is 6.92 Å². The summed E-state index contributed by atoms with van der Waals surface area (Å²) < 4.78 is 43.3. The second-order valence-corrected chi connectivity index (χ2v) is 36.4. The Kier molecular flexibility index (Phi) is 83.4. The Hall–Kier alpha value is -11.0. The number of carbonyl (C=O) groups is 22. The highest BCUT2D eigenvalue weighted by atomic mass is 16.5. The molecule has 0 bridgehead atoms. The third kappa shape index (κ3) is 83.6. The minimum absolute atomic E-state index is 0. The van der Waals surface area contributed by atoms with E-state index >= 15 is 0 Å². The van der Waals surface area contributed by atoms with Crippen LogP contribution in [0.4, 0.5) is 0 Å². The Morgan fingerprint density at radius 3 is 0.850 bits per heavy atom.